The molecule has 0 unspecified atom stereocenters. The summed E-state index contributed by atoms with van der Waals surface area (Å²) in [6.45, 7) is 1.87. The van der Waals surface area contributed by atoms with E-state index >= 15 is 0 Å². The summed E-state index contributed by atoms with van der Waals surface area (Å²) in [6.07, 6.45) is 0. The summed E-state index contributed by atoms with van der Waals surface area (Å²) in [5.41, 5.74) is 0.699. The predicted octanol–water partition coefficient (Wildman–Crippen LogP) is 2.52. The van der Waals surface area contributed by atoms with E-state index in [-0.39, 0.29) is 6.54 Å². The molecule has 2 aromatic rings. The number of nitrogens with one attached hydrogen (secondary N) is 2. The summed E-state index contributed by atoms with van der Waals surface area (Å²) in [5.74, 6) is -0.458. The Hall–Kier alpha value is -2.56. The minimum Gasteiger partial charge on any atom is -0.465 e. The van der Waals surface area contributed by atoms with Crippen LogP contribution in [0, 0.1) is 0 Å². The van der Waals surface area contributed by atoms with Gasteiger partial charge in [-0.05, 0) is 18.4 Å². The van der Waals surface area contributed by atoms with E-state index in [2.05, 4.69) is 10.6 Å². The molecule has 5 nitrogen and oxygen atoms in total. The Balaban J connectivity index is 2.01. The highest BCUT2D eigenvalue weighted by molar-refractivity contribution is 6.02. The SMILES string of the molecule is CCOC(=O)CNC(=O)Nc1cccc2ccccc12. The Morgan fingerprint density at radius 1 is 1.10 bits per heavy atom. The minimum atomic E-state index is -0.458. The maximum atomic E-state index is 11.7. The number of anilines is 1. The molecule has 0 heterocycles. The van der Waals surface area contributed by atoms with E-state index in [0.29, 0.717) is 12.3 Å². The van der Waals surface area contributed by atoms with E-state index in [4.69, 9.17) is 4.74 Å². The number of fused-ring (bicyclic) bond motifs is 1. The average molecular weight is 272 g/mol. The van der Waals surface area contributed by atoms with Gasteiger partial charge in [-0.3, -0.25) is 4.79 Å². The van der Waals surface area contributed by atoms with Crippen molar-refractivity contribution in [1.82, 2.24) is 5.32 Å². The molecule has 0 aromatic heterocycles. The number of amides is 2. The second kappa shape index (κ2) is 6.56. The lowest BCUT2D eigenvalue weighted by Crippen LogP contribution is -2.34. The monoisotopic (exact) mass is 272 g/mol. The molecule has 2 amide bonds. The quantitative estimate of drug-likeness (QED) is 0.840. The van der Waals surface area contributed by atoms with E-state index < -0.39 is 12.0 Å². The molecule has 0 aliphatic rings. The van der Waals surface area contributed by atoms with Gasteiger partial charge in [0.2, 0.25) is 0 Å². The summed E-state index contributed by atoms with van der Waals surface area (Å²) in [7, 11) is 0. The zero-order valence-electron chi connectivity index (χ0n) is 11.2. The molecule has 0 bridgehead atoms. The van der Waals surface area contributed by atoms with Gasteiger partial charge in [0.05, 0.1) is 12.3 Å². The lowest BCUT2D eigenvalue weighted by Gasteiger charge is -2.09. The van der Waals surface area contributed by atoms with Crippen LogP contribution in [0.4, 0.5) is 10.5 Å². The third-order valence-corrected chi connectivity index (χ3v) is 2.74. The number of urea groups is 1. The van der Waals surface area contributed by atoms with Gasteiger partial charge in [-0.15, -0.1) is 0 Å². The Morgan fingerprint density at radius 2 is 1.85 bits per heavy atom. The molecule has 0 radical (unpaired) electrons. The number of ether oxygens (including phenoxy) is 1. The van der Waals surface area contributed by atoms with Crippen molar-refractivity contribution in [3.8, 4) is 0 Å². The Labute approximate surface area is 116 Å². The van der Waals surface area contributed by atoms with Crippen LogP contribution in [0.5, 0.6) is 0 Å². The minimum absolute atomic E-state index is 0.148. The molecule has 2 rings (SSSR count). The number of carbonyl (C=O) groups is 2. The normalized spacial score (nSPS) is 10.1. The maximum Gasteiger partial charge on any atom is 0.325 e. The third-order valence-electron chi connectivity index (χ3n) is 2.74. The summed E-state index contributed by atoms with van der Waals surface area (Å²) in [5, 5.41) is 7.16. The van der Waals surface area contributed by atoms with Gasteiger partial charge in [0.25, 0.3) is 0 Å². The Morgan fingerprint density at radius 3 is 2.65 bits per heavy atom. The van der Waals surface area contributed by atoms with Crippen LogP contribution >= 0.6 is 0 Å². The van der Waals surface area contributed by atoms with Gasteiger partial charge in [0.1, 0.15) is 6.54 Å². The highest BCUT2D eigenvalue weighted by Gasteiger charge is 2.07. The van der Waals surface area contributed by atoms with E-state index in [1.807, 2.05) is 42.5 Å². The molecule has 0 saturated carbocycles. The van der Waals surface area contributed by atoms with Gasteiger partial charge in [-0.25, -0.2) is 4.79 Å². The van der Waals surface area contributed by atoms with Crippen molar-refractivity contribution in [2.24, 2.45) is 0 Å². The van der Waals surface area contributed by atoms with Crippen LogP contribution in [0.3, 0.4) is 0 Å². The molecule has 2 aromatic carbocycles. The summed E-state index contributed by atoms with van der Waals surface area (Å²) >= 11 is 0. The lowest BCUT2D eigenvalue weighted by atomic mass is 10.1. The highest BCUT2D eigenvalue weighted by atomic mass is 16.5. The smallest absolute Gasteiger partial charge is 0.325 e. The Bertz CT molecular complexity index is 620. The van der Waals surface area contributed by atoms with Crippen LogP contribution in [0.15, 0.2) is 42.5 Å². The standard InChI is InChI=1S/C15H16N2O3/c1-2-20-14(18)10-16-15(19)17-13-9-5-7-11-6-3-4-8-12(11)13/h3-9H,2,10H2,1H3,(H2,16,17,19). The van der Waals surface area contributed by atoms with Crippen LogP contribution in [0.25, 0.3) is 10.8 Å². The highest BCUT2D eigenvalue weighted by Crippen LogP contribution is 2.22. The predicted molar refractivity (Wildman–Crippen MR) is 77.6 cm³/mol. The number of carbonyl (C=O) groups excluding carboxylic acids is 2. The maximum absolute atomic E-state index is 11.7. The molecule has 0 fully saturated rings. The molecule has 0 aliphatic carbocycles. The first-order valence-electron chi connectivity index (χ1n) is 6.39. The largest absolute Gasteiger partial charge is 0.465 e. The van der Waals surface area contributed by atoms with Crippen LogP contribution in [-0.4, -0.2) is 25.2 Å². The molecule has 0 saturated heterocycles. The van der Waals surface area contributed by atoms with Crippen molar-refractivity contribution in [2.75, 3.05) is 18.5 Å². The summed E-state index contributed by atoms with van der Waals surface area (Å²) in [6, 6.07) is 13.0. The molecular weight excluding hydrogens is 256 g/mol. The molecule has 0 spiro atoms. The number of rotatable bonds is 4. The van der Waals surface area contributed by atoms with Gasteiger partial charge in [-0.1, -0.05) is 36.4 Å². The van der Waals surface area contributed by atoms with Gasteiger partial charge in [0.15, 0.2) is 0 Å². The molecule has 5 heteroatoms. The summed E-state index contributed by atoms with van der Waals surface area (Å²) in [4.78, 5) is 22.9. The van der Waals surface area contributed by atoms with Crippen molar-refractivity contribution in [1.29, 1.82) is 0 Å². The fourth-order valence-corrected chi connectivity index (χ4v) is 1.87. The van der Waals surface area contributed by atoms with Gasteiger partial charge < -0.3 is 15.4 Å². The molecular formula is C15H16N2O3. The van der Waals surface area contributed by atoms with E-state index in [0.717, 1.165) is 10.8 Å². The number of esters is 1. The number of hydrogen-bond donors (Lipinski definition) is 2. The topological polar surface area (TPSA) is 67.4 Å². The first-order valence-corrected chi connectivity index (χ1v) is 6.39. The van der Waals surface area contributed by atoms with Gasteiger partial charge in [-0.2, -0.15) is 0 Å². The first-order chi connectivity index (χ1) is 9.70. The fraction of sp³-hybridized carbons (Fsp3) is 0.200. The van der Waals surface area contributed by atoms with Crippen molar-refractivity contribution in [3.63, 3.8) is 0 Å². The second-order valence-electron chi connectivity index (χ2n) is 4.14. The zero-order chi connectivity index (χ0) is 14.4. The molecule has 0 aliphatic heterocycles. The lowest BCUT2D eigenvalue weighted by molar-refractivity contribution is -0.141. The summed E-state index contributed by atoms with van der Waals surface area (Å²) < 4.78 is 4.73. The van der Waals surface area contributed by atoms with Crippen molar-refractivity contribution in [3.05, 3.63) is 42.5 Å². The fourth-order valence-electron chi connectivity index (χ4n) is 1.87. The molecule has 104 valence electrons. The van der Waals surface area contributed by atoms with E-state index in [1.165, 1.54) is 0 Å². The van der Waals surface area contributed by atoms with Crippen molar-refractivity contribution < 1.29 is 14.3 Å². The molecule has 2 N–H and O–H groups in total. The van der Waals surface area contributed by atoms with Gasteiger partial charge in [0, 0.05) is 5.39 Å². The Kier molecular flexibility index (Phi) is 4.55. The van der Waals surface area contributed by atoms with Crippen molar-refractivity contribution >= 4 is 28.5 Å². The first kappa shape index (κ1) is 13.9. The molecule has 0 atom stereocenters. The zero-order valence-corrected chi connectivity index (χ0v) is 11.2. The molecule has 20 heavy (non-hydrogen) atoms. The second-order valence-corrected chi connectivity index (χ2v) is 4.14. The van der Waals surface area contributed by atoms with E-state index in [9.17, 15) is 9.59 Å². The number of benzene rings is 2. The van der Waals surface area contributed by atoms with Gasteiger partial charge >= 0.3 is 12.0 Å². The van der Waals surface area contributed by atoms with Crippen molar-refractivity contribution in [2.45, 2.75) is 6.92 Å². The van der Waals surface area contributed by atoms with E-state index in [1.54, 1.807) is 6.92 Å². The van der Waals surface area contributed by atoms with Crippen LogP contribution in [0.1, 0.15) is 6.92 Å². The van der Waals surface area contributed by atoms with Crippen LogP contribution < -0.4 is 10.6 Å². The number of hydrogen-bond acceptors (Lipinski definition) is 3. The average Bonchev–Trinajstić information content (AvgIpc) is 2.46. The van der Waals surface area contributed by atoms with Crippen LogP contribution in [-0.2, 0) is 9.53 Å². The van der Waals surface area contributed by atoms with Crippen LogP contribution in [0.2, 0.25) is 0 Å². The third kappa shape index (κ3) is 3.47.